The molecule has 4 heteroatoms. The van der Waals surface area contributed by atoms with Gasteiger partial charge in [0, 0.05) is 24.8 Å². The van der Waals surface area contributed by atoms with Crippen molar-refractivity contribution in [2.75, 3.05) is 6.54 Å². The van der Waals surface area contributed by atoms with Crippen LogP contribution in [0.5, 0.6) is 0 Å². The van der Waals surface area contributed by atoms with Crippen LogP contribution in [0, 0.1) is 5.82 Å². The summed E-state index contributed by atoms with van der Waals surface area (Å²) in [6, 6.07) is 12.3. The number of halogens is 1. The Balaban J connectivity index is 2.08. The van der Waals surface area contributed by atoms with Gasteiger partial charge in [0.25, 0.3) is 0 Å². The number of benzene rings is 1. The predicted molar refractivity (Wildman–Crippen MR) is 83.1 cm³/mol. The number of nitrogens with zero attached hydrogens (tertiary/aromatic N) is 2. The van der Waals surface area contributed by atoms with E-state index in [1.54, 1.807) is 18.3 Å². The fourth-order valence-corrected chi connectivity index (χ4v) is 2.43. The van der Waals surface area contributed by atoms with Gasteiger partial charge in [-0.1, -0.05) is 25.1 Å². The molecule has 0 radical (unpaired) electrons. The largest absolute Gasteiger partial charge is 0.323 e. The van der Waals surface area contributed by atoms with Crippen molar-refractivity contribution in [2.45, 2.75) is 32.5 Å². The molecule has 2 unspecified atom stereocenters. The molecule has 2 aromatic rings. The van der Waals surface area contributed by atoms with Crippen LogP contribution in [0.3, 0.4) is 0 Å². The maximum absolute atomic E-state index is 13.0. The molecule has 0 bridgehead atoms. The molecule has 2 atom stereocenters. The van der Waals surface area contributed by atoms with Crippen molar-refractivity contribution in [2.24, 2.45) is 5.73 Å². The van der Waals surface area contributed by atoms with Crippen molar-refractivity contribution >= 4 is 0 Å². The van der Waals surface area contributed by atoms with Gasteiger partial charge in [0.15, 0.2) is 0 Å². The van der Waals surface area contributed by atoms with E-state index in [1.807, 2.05) is 18.2 Å². The lowest BCUT2D eigenvalue weighted by Gasteiger charge is -2.32. The van der Waals surface area contributed by atoms with Crippen LogP contribution in [0.2, 0.25) is 0 Å². The van der Waals surface area contributed by atoms with Crippen LogP contribution < -0.4 is 5.73 Å². The monoisotopic (exact) mass is 287 g/mol. The second kappa shape index (κ2) is 7.29. The van der Waals surface area contributed by atoms with E-state index in [4.69, 9.17) is 5.73 Å². The van der Waals surface area contributed by atoms with Crippen LogP contribution in [-0.2, 0) is 6.54 Å². The summed E-state index contributed by atoms with van der Waals surface area (Å²) in [5, 5.41) is 0. The summed E-state index contributed by atoms with van der Waals surface area (Å²) in [7, 11) is 0. The molecular weight excluding hydrogens is 265 g/mol. The molecule has 1 heterocycles. The molecule has 1 aromatic heterocycles. The van der Waals surface area contributed by atoms with E-state index in [0.717, 1.165) is 24.3 Å². The number of rotatable bonds is 6. The smallest absolute Gasteiger partial charge is 0.123 e. The first kappa shape index (κ1) is 15.6. The third-order valence-electron chi connectivity index (χ3n) is 3.85. The lowest BCUT2D eigenvalue weighted by atomic mass is 10.00. The van der Waals surface area contributed by atoms with E-state index >= 15 is 0 Å². The Morgan fingerprint density at radius 3 is 2.48 bits per heavy atom. The van der Waals surface area contributed by atoms with Gasteiger partial charge in [-0.05, 0) is 43.3 Å². The number of pyridine rings is 1. The van der Waals surface area contributed by atoms with Crippen molar-refractivity contribution < 1.29 is 4.39 Å². The summed E-state index contributed by atoms with van der Waals surface area (Å²) in [6.07, 6.45) is 1.80. The Hall–Kier alpha value is -1.78. The molecule has 0 aliphatic rings. The average Bonchev–Trinajstić information content (AvgIpc) is 2.53. The van der Waals surface area contributed by atoms with Crippen LogP contribution in [0.15, 0.2) is 48.7 Å². The third kappa shape index (κ3) is 4.09. The van der Waals surface area contributed by atoms with Gasteiger partial charge >= 0.3 is 0 Å². The second-order valence-electron chi connectivity index (χ2n) is 5.20. The minimum atomic E-state index is -0.237. The Morgan fingerprint density at radius 2 is 1.90 bits per heavy atom. The molecule has 0 aliphatic heterocycles. The molecule has 0 spiro atoms. The molecule has 1 aromatic carbocycles. The van der Waals surface area contributed by atoms with E-state index in [0.29, 0.717) is 0 Å². The molecule has 3 nitrogen and oxygen atoms in total. The Labute approximate surface area is 125 Å². The summed E-state index contributed by atoms with van der Waals surface area (Å²) in [5.41, 5.74) is 8.31. The molecule has 21 heavy (non-hydrogen) atoms. The van der Waals surface area contributed by atoms with Gasteiger partial charge in [-0.25, -0.2) is 4.39 Å². The first-order valence-electron chi connectivity index (χ1n) is 7.26. The Bertz CT molecular complexity index is 542. The van der Waals surface area contributed by atoms with Gasteiger partial charge < -0.3 is 5.73 Å². The lowest BCUT2D eigenvalue weighted by Crippen LogP contribution is -2.40. The van der Waals surface area contributed by atoms with Gasteiger partial charge in [-0.15, -0.1) is 0 Å². The second-order valence-corrected chi connectivity index (χ2v) is 5.20. The summed E-state index contributed by atoms with van der Waals surface area (Å²) in [4.78, 5) is 6.63. The van der Waals surface area contributed by atoms with E-state index in [-0.39, 0.29) is 17.9 Å². The maximum atomic E-state index is 13.0. The third-order valence-corrected chi connectivity index (χ3v) is 3.85. The van der Waals surface area contributed by atoms with Crippen LogP contribution in [-0.4, -0.2) is 22.5 Å². The van der Waals surface area contributed by atoms with Crippen molar-refractivity contribution in [1.29, 1.82) is 0 Å². The molecular formula is C17H22FN3. The topological polar surface area (TPSA) is 42.2 Å². The van der Waals surface area contributed by atoms with Crippen LogP contribution in [0.25, 0.3) is 0 Å². The number of hydrogen-bond donors (Lipinski definition) is 1. The normalized spacial score (nSPS) is 14.1. The number of nitrogens with two attached hydrogens (primary N) is 1. The zero-order valence-corrected chi connectivity index (χ0v) is 12.5. The first-order valence-corrected chi connectivity index (χ1v) is 7.26. The van der Waals surface area contributed by atoms with E-state index in [1.165, 1.54) is 12.1 Å². The average molecular weight is 287 g/mol. The van der Waals surface area contributed by atoms with Crippen molar-refractivity contribution in [3.05, 3.63) is 65.7 Å². The Morgan fingerprint density at radius 1 is 1.19 bits per heavy atom. The number of likely N-dealkylation sites (N-methyl/N-ethyl adjacent to an activating group) is 1. The van der Waals surface area contributed by atoms with Gasteiger partial charge in [-0.2, -0.15) is 0 Å². The molecule has 0 aliphatic carbocycles. The highest BCUT2D eigenvalue weighted by Gasteiger charge is 2.21. The highest BCUT2D eigenvalue weighted by Crippen LogP contribution is 2.20. The quantitative estimate of drug-likeness (QED) is 0.887. The molecule has 0 saturated heterocycles. The van der Waals surface area contributed by atoms with Gasteiger partial charge in [0.2, 0.25) is 0 Å². The maximum Gasteiger partial charge on any atom is 0.123 e. The summed E-state index contributed by atoms with van der Waals surface area (Å²) in [5.74, 6) is -0.237. The van der Waals surface area contributed by atoms with E-state index < -0.39 is 0 Å². The number of aromatic nitrogens is 1. The molecule has 0 amide bonds. The highest BCUT2D eigenvalue weighted by molar-refractivity contribution is 5.21. The minimum Gasteiger partial charge on any atom is -0.323 e. The molecule has 2 rings (SSSR count). The SMILES string of the molecule is CCN(Cc1ccccn1)C(C)C(N)c1ccc(F)cc1. The molecule has 0 saturated carbocycles. The van der Waals surface area contributed by atoms with Crippen molar-refractivity contribution in [3.63, 3.8) is 0 Å². The molecule has 0 fully saturated rings. The number of hydrogen-bond acceptors (Lipinski definition) is 3. The van der Waals surface area contributed by atoms with E-state index in [9.17, 15) is 4.39 Å². The highest BCUT2D eigenvalue weighted by atomic mass is 19.1. The fraction of sp³-hybridized carbons (Fsp3) is 0.353. The first-order chi connectivity index (χ1) is 10.1. The van der Waals surface area contributed by atoms with Crippen molar-refractivity contribution in [1.82, 2.24) is 9.88 Å². The Kier molecular flexibility index (Phi) is 5.42. The van der Waals surface area contributed by atoms with Gasteiger partial charge in [0.1, 0.15) is 5.82 Å². The summed E-state index contributed by atoms with van der Waals surface area (Å²) < 4.78 is 13.0. The zero-order valence-electron chi connectivity index (χ0n) is 12.5. The molecule has 2 N–H and O–H groups in total. The van der Waals surface area contributed by atoms with Gasteiger partial charge in [0.05, 0.1) is 5.69 Å². The predicted octanol–water partition coefficient (Wildman–Crippen LogP) is 3.13. The summed E-state index contributed by atoms with van der Waals surface area (Å²) in [6.45, 7) is 5.84. The zero-order chi connectivity index (χ0) is 15.2. The van der Waals surface area contributed by atoms with Crippen LogP contribution in [0.4, 0.5) is 4.39 Å². The summed E-state index contributed by atoms with van der Waals surface area (Å²) >= 11 is 0. The molecule has 112 valence electrons. The minimum absolute atomic E-state index is 0.141. The van der Waals surface area contributed by atoms with Crippen molar-refractivity contribution in [3.8, 4) is 0 Å². The van der Waals surface area contributed by atoms with Crippen LogP contribution in [0.1, 0.15) is 31.1 Å². The van der Waals surface area contributed by atoms with Gasteiger partial charge in [-0.3, -0.25) is 9.88 Å². The van der Waals surface area contributed by atoms with Crippen LogP contribution >= 0.6 is 0 Å². The van der Waals surface area contributed by atoms with E-state index in [2.05, 4.69) is 23.7 Å². The standard InChI is InChI=1S/C17H22FN3/c1-3-21(12-16-6-4-5-11-20-16)13(2)17(19)14-7-9-15(18)10-8-14/h4-11,13,17H,3,12,19H2,1-2H3. The fourth-order valence-electron chi connectivity index (χ4n) is 2.43. The lowest BCUT2D eigenvalue weighted by molar-refractivity contribution is 0.183.